The van der Waals surface area contributed by atoms with E-state index in [1.54, 1.807) is 0 Å². The summed E-state index contributed by atoms with van der Waals surface area (Å²) in [6.07, 6.45) is 8.53. The van der Waals surface area contributed by atoms with Gasteiger partial charge in [0.15, 0.2) is 5.96 Å². The molecule has 1 aliphatic carbocycles. The molecule has 0 bridgehead atoms. The number of morpholine rings is 1. The van der Waals surface area contributed by atoms with Crippen LogP contribution in [0.2, 0.25) is 0 Å². The van der Waals surface area contributed by atoms with Gasteiger partial charge in [0.05, 0.1) is 23.9 Å². The second-order valence-corrected chi connectivity index (χ2v) is 9.24. The first-order valence-corrected chi connectivity index (χ1v) is 11.7. The van der Waals surface area contributed by atoms with Gasteiger partial charge in [-0.1, -0.05) is 26.2 Å². The fourth-order valence-electron chi connectivity index (χ4n) is 4.53. The van der Waals surface area contributed by atoms with E-state index in [-0.39, 0.29) is 29.5 Å². The topological polar surface area (TPSA) is 61.8 Å². The van der Waals surface area contributed by atoms with Gasteiger partial charge < -0.3 is 15.4 Å². The number of guanidine groups is 1. The number of aromatic nitrogens is 1. The van der Waals surface area contributed by atoms with Crippen LogP contribution in [-0.2, 0) is 17.6 Å². The van der Waals surface area contributed by atoms with E-state index in [2.05, 4.69) is 34.4 Å². The highest BCUT2D eigenvalue weighted by Gasteiger charge is 2.38. The standard InChI is InChI=1S/C21H37N5OS.HI/c1-4-18-17(2)28-19(25-18)8-11-23-20(22-3)24-16-21(9-6-5-7-10-21)26-12-14-27-15-13-26;/h4-16H2,1-3H3,(H2,22,23,24);1H. The Kier molecular flexibility index (Phi) is 10.6. The monoisotopic (exact) mass is 535 g/mol. The van der Waals surface area contributed by atoms with E-state index >= 15 is 0 Å². The minimum absolute atomic E-state index is 0. The van der Waals surface area contributed by atoms with Crippen LogP contribution in [0.5, 0.6) is 0 Å². The number of aliphatic imine (C=N–C) groups is 1. The first-order chi connectivity index (χ1) is 13.7. The van der Waals surface area contributed by atoms with Crippen molar-refractivity contribution in [2.45, 2.75) is 64.3 Å². The Morgan fingerprint density at radius 2 is 1.93 bits per heavy atom. The minimum atomic E-state index is 0. The van der Waals surface area contributed by atoms with Crippen LogP contribution >= 0.6 is 35.3 Å². The summed E-state index contributed by atoms with van der Waals surface area (Å²) in [5, 5.41) is 8.33. The third-order valence-electron chi connectivity index (χ3n) is 6.18. The van der Waals surface area contributed by atoms with Crippen LogP contribution in [0.15, 0.2) is 4.99 Å². The summed E-state index contributed by atoms with van der Waals surface area (Å²) in [5.41, 5.74) is 1.49. The Balaban J connectivity index is 0.00000300. The zero-order chi connectivity index (χ0) is 19.8. The third-order valence-corrected chi connectivity index (χ3v) is 7.25. The molecule has 2 fully saturated rings. The Labute approximate surface area is 197 Å². The second-order valence-electron chi connectivity index (χ2n) is 7.95. The molecule has 0 spiro atoms. The van der Waals surface area contributed by atoms with Crippen LogP contribution in [-0.4, -0.2) is 67.8 Å². The molecule has 1 aliphatic heterocycles. The summed E-state index contributed by atoms with van der Waals surface area (Å²) in [7, 11) is 1.86. The average Bonchev–Trinajstić information content (AvgIpc) is 3.11. The Morgan fingerprint density at radius 3 is 2.55 bits per heavy atom. The van der Waals surface area contributed by atoms with Crippen molar-refractivity contribution in [1.82, 2.24) is 20.5 Å². The van der Waals surface area contributed by atoms with Crippen molar-refractivity contribution in [3.8, 4) is 0 Å². The number of thiazole rings is 1. The Morgan fingerprint density at radius 1 is 1.21 bits per heavy atom. The molecule has 29 heavy (non-hydrogen) atoms. The fraction of sp³-hybridized carbons (Fsp3) is 0.810. The van der Waals surface area contributed by atoms with Gasteiger partial charge in [-0.25, -0.2) is 4.98 Å². The summed E-state index contributed by atoms with van der Waals surface area (Å²) < 4.78 is 5.59. The molecule has 1 saturated carbocycles. The smallest absolute Gasteiger partial charge is 0.191 e. The van der Waals surface area contributed by atoms with Gasteiger partial charge in [0, 0.05) is 50.1 Å². The van der Waals surface area contributed by atoms with E-state index in [9.17, 15) is 0 Å². The molecular formula is C21H38IN5OS. The number of nitrogens with zero attached hydrogens (tertiary/aromatic N) is 3. The van der Waals surface area contributed by atoms with E-state index in [0.29, 0.717) is 0 Å². The van der Waals surface area contributed by atoms with Crippen LogP contribution < -0.4 is 10.6 Å². The van der Waals surface area contributed by atoms with Gasteiger partial charge in [0.25, 0.3) is 0 Å². The lowest BCUT2D eigenvalue weighted by Crippen LogP contribution is -2.60. The average molecular weight is 536 g/mol. The number of ether oxygens (including phenoxy) is 1. The highest BCUT2D eigenvalue weighted by Crippen LogP contribution is 2.33. The van der Waals surface area contributed by atoms with Crippen molar-refractivity contribution in [2.75, 3.05) is 46.4 Å². The highest BCUT2D eigenvalue weighted by atomic mass is 127. The van der Waals surface area contributed by atoms with E-state index in [4.69, 9.17) is 9.72 Å². The van der Waals surface area contributed by atoms with E-state index in [1.165, 1.54) is 47.7 Å². The van der Waals surface area contributed by atoms with Crippen molar-refractivity contribution in [3.05, 3.63) is 15.6 Å². The molecule has 2 aliphatic rings. The molecule has 3 rings (SSSR count). The van der Waals surface area contributed by atoms with Crippen LogP contribution in [0.1, 0.15) is 54.6 Å². The van der Waals surface area contributed by atoms with Crippen molar-refractivity contribution in [2.24, 2.45) is 4.99 Å². The molecule has 1 saturated heterocycles. The number of nitrogens with one attached hydrogen (secondary N) is 2. The molecular weight excluding hydrogens is 497 g/mol. The zero-order valence-corrected chi connectivity index (χ0v) is 21.4. The largest absolute Gasteiger partial charge is 0.379 e. The maximum absolute atomic E-state index is 5.59. The first kappa shape index (κ1) is 24.8. The molecule has 1 aromatic heterocycles. The van der Waals surface area contributed by atoms with Crippen LogP contribution in [0.25, 0.3) is 0 Å². The molecule has 0 radical (unpaired) electrons. The van der Waals surface area contributed by atoms with Crippen molar-refractivity contribution >= 4 is 41.3 Å². The lowest BCUT2D eigenvalue weighted by atomic mass is 9.80. The van der Waals surface area contributed by atoms with Crippen molar-refractivity contribution < 1.29 is 4.74 Å². The quantitative estimate of drug-likeness (QED) is 0.319. The van der Waals surface area contributed by atoms with Crippen molar-refractivity contribution in [1.29, 1.82) is 0 Å². The van der Waals surface area contributed by atoms with Gasteiger partial charge in [-0.15, -0.1) is 35.3 Å². The number of hydrogen-bond acceptors (Lipinski definition) is 5. The van der Waals surface area contributed by atoms with E-state index < -0.39 is 0 Å². The molecule has 8 heteroatoms. The van der Waals surface area contributed by atoms with Gasteiger partial charge in [-0.05, 0) is 26.2 Å². The first-order valence-electron chi connectivity index (χ1n) is 10.9. The molecule has 0 aromatic carbocycles. The van der Waals surface area contributed by atoms with Gasteiger partial charge >= 0.3 is 0 Å². The van der Waals surface area contributed by atoms with E-state index in [1.807, 2.05) is 18.4 Å². The van der Waals surface area contributed by atoms with Gasteiger partial charge in [0.2, 0.25) is 0 Å². The molecule has 0 unspecified atom stereocenters. The lowest BCUT2D eigenvalue weighted by Gasteiger charge is -2.48. The second kappa shape index (κ2) is 12.4. The van der Waals surface area contributed by atoms with Crippen molar-refractivity contribution in [3.63, 3.8) is 0 Å². The third kappa shape index (κ3) is 6.77. The molecule has 166 valence electrons. The molecule has 0 atom stereocenters. The van der Waals surface area contributed by atoms with Gasteiger partial charge in [-0.3, -0.25) is 9.89 Å². The highest BCUT2D eigenvalue weighted by molar-refractivity contribution is 14.0. The minimum Gasteiger partial charge on any atom is -0.379 e. The fourth-order valence-corrected chi connectivity index (χ4v) is 5.55. The number of halogens is 1. The summed E-state index contributed by atoms with van der Waals surface area (Å²) >= 11 is 1.82. The summed E-state index contributed by atoms with van der Waals surface area (Å²) in [6.45, 7) is 10.00. The van der Waals surface area contributed by atoms with Gasteiger partial charge in [-0.2, -0.15) is 0 Å². The zero-order valence-electron chi connectivity index (χ0n) is 18.3. The molecule has 2 heterocycles. The summed E-state index contributed by atoms with van der Waals surface area (Å²) in [4.78, 5) is 13.2. The molecule has 2 N–H and O–H groups in total. The normalized spacial score (nSPS) is 20.2. The SMILES string of the molecule is CCc1nc(CCNC(=NC)NCC2(N3CCOCC3)CCCCC2)sc1C.I. The van der Waals surface area contributed by atoms with Crippen LogP contribution in [0.3, 0.4) is 0 Å². The summed E-state index contributed by atoms with van der Waals surface area (Å²) in [6, 6.07) is 0. The maximum Gasteiger partial charge on any atom is 0.191 e. The predicted octanol–water partition coefficient (Wildman–Crippen LogP) is 3.37. The number of aryl methyl sites for hydroxylation is 2. The summed E-state index contributed by atoms with van der Waals surface area (Å²) in [5.74, 6) is 0.905. The Hall–Kier alpha value is -0.450. The molecule has 6 nitrogen and oxygen atoms in total. The predicted molar refractivity (Wildman–Crippen MR) is 133 cm³/mol. The van der Waals surface area contributed by atoms with Gasteiger partial charge in [0.1, 0.15) is 0 Å². The lowest BCUT2D eigenvalue weighted by molar-refractivity contribution is -0.0352. The maximum atomic E-state index is 5.59. The Bertz CT molecular complexity index is 639. The van der Waals surface area contributed by atoms with Crippen LogP contribution in [0.4, 0.5) is 0 Å². The molecule has 0 amide bonds. The van der Waals surface area contributed by atoms with E-state index in [0.717, 1.165) is 58.2 Å². The number of hydrogen-bond donors (Lipinski definition) is 2. The molecule has 1 aromatic rings. The number of rotatable bonds is 7. The van der Waals surface area contributed by atoms with Crippen LogP contribution in [0, 0.1) is 6.92 Å².